The number of esters is 1. The molecule has 0 saturated heterocycles. The van der Waals surface area contributed by atoms with Gasteiger partial charge in [-0.1, -0.05) is 42.5 Å². The van der Waals surface area contributed by atoms with Gasteiger partial charge in [-0.15, -0.1) is 0 Å². The van der Waals surface area contributed by atoms with Crippen molar-refractivity contribution in [2.45, 2.75) is 33.2 Å². The quantitative estimate of drug-likeness (QED) is 0.455. The number of hydrogen-bond donors (Lipinski definition) is 1. The standard InChI is InChI=1S/C27H30N2O5/c1-18(2)28-24(30)17-34-22-12-10-21(11-13-22)16-23-25(27(32)33-4)19(3)29(26(23)31)15-14-20-8-6-5-7-9-20/h5-13,16,18H,14-15,17H2,1-4H3,(H,28,30)/b23-16-. The minimum absolute atomic E-state index is 0.0434. The number of amides is 2. The predicted molar refractivity (Wildman–Crippen MR) is 130 cm³/mol. The highest BCUT2D eigenvalue weighted by Crippen LogP contribution is 2.32. The van der Waals surface area contributed by atoms with E-state index < -0.39 is 5.97 Å². The molecule has 2 aromatic rings. The molecule has 2 aromatic carbocycles. The average Bonchev–Trinajstić information content (AvgIpc) is 3.05. The highest BCUT2D eigenvalue weighted by Gasteiger charge is 2.36. The van der Waals surface area contributed by atoms with E-state index in [0.717, 1.165) is 11.1 Å². The van der Waals surface area contributed by atoms with Crippen molar-refractivity contribution in [3.8, 4) is 5.75 Å². The molecule has 0 spiro atoms. The van der Waals surface area contributed by atoms with Gasteiger partial charge in [0.05, 0.1) is 18.3 Å². The predicted octanol–water partition coefficient (Wildman–Crippen LogP) is 3.51. The Hall–Kier alpha value is -3.87. The summed E-state index contributed by atoms with van der Waals surface area (Å²) in [5.74, 6) is -0.449. The lowest BCUT2D eigenvalue weighted by atomic mass is 10.0. The monoisotopic (exact) mass is 462 g/mol. The van der Waals surface area contributed by atoms with Crippen LogP contribution < -0.4 is 10.1 Å². The molecule has 2 amide bonds. The summed E-state index contributed by atoms with van der Waals surface area (Å²) in [7, 11) is 1.30. The van der Waals surface area contributed by atoms with Crippen LogP contribution >= 0.6 is 0 Å². The lowest BCUT2D eigenvalue weighted by molar-refractivity contribution is -0.136. The van der Waals surface area contributed by atoms with Crippen molar-refractivity contribution < 1.29 is 23.9 Å². The number of carbonyl (C=O) groups excluding carboxylic acids is 3. The zero-order chi connectivity index (χ0) is 24.7. The first-order valence-corrected chi connectivity index (χ1v) is 11.2. The first-order valence-electron chi connectivity index (χ1n) is 11.2. The summed E-state index contributed by atoms with van der Waals surface area (Å²) >= 11 is 0. The summed E-state index contributed by atoms with van der Waals surface area (Å²) in [6.07, 6.45) is 2.35. The van der Waals surface area contributed by atoms with Crippen molar-refractivity contribution in [3.05, 3.63) is 82.6 Å². The Balaban J connectivity index is 1.77. The number of hydrogen-bond acceptors (Lipinski definition) is 5. The van der Waals surface area contributed by atoms with Gasteiger partial charge in [0.1, 0.15) is 5.75 Å². The van der Waals surface area contributed by atoms with Crippen LogP contribution in [-0.4, -0.2) is 49.0 Å². The number of rotatable bonds is 9. The average molecular weight is 463 g/mol. The van der Waals surface area contributed by atoms with E-state index >= 15 is 0 Å². The molecule has 178 valence electrons. The van der Waals surface area contributed by atoms with Gasteiger partial charge in [-0.25, -0.2) is 4.79 Å². The maximum Gasteiger partial charge on any atom is 0.340 e. The Kier molecular flexibility index (Phi) is 8.24. The van der Waals surface area contributed by atoms with E-state index in [0.29, 0.717) is 30.0 Å². The molecule has 0 unspecified atom stereocenters. The van der Waals surface area contributed by atoms with Crippen LogP contribution in [0.4, 0.5) is 0 Å². The van der Waals surface area contributed by atoms with Crippen LogP contribution in [0.1, 0.15) is 31.9 Å². The van der Waals surface area contributed by atoms with Crippen LogP contribution in [0.3, 0.4) is 0 Å². The molecule has 3 rings (SSSR count). The zero-order valence-electron chi connectivity index (χ0n) is 20.0. The topological polar surface area (TPSA) is 84.9 Å². The van der Waals surface area contributed by atoms with Crippen molar-refractivity contribution in [1.82, 2.24) is 10.2 Å². The minimum Gasteiger partial charge on any atom is -0.484 e. The van der Waals surface area contributed by atoms with Gasteiger partial charge < -0.3 is 19.7 Å². The number of ether oxygens (including phenoxy) is 2. The lowest BCUT2D eigenvalue weighted by Crippen LogP contribution is -2.34. The first kappa shape index (κ1) is 24.8. The maximum atomic E-state index is 13.2. The summed E-state index contributed by atoms with van der Waals surface area (Å²) in [6, 6.07) is 16.9. The van der Waals surface area contributed by atoms with Gasteiger partial charge in [0, 0.05) is 18.3 Å². The van der Waals surface area contributed by atoms with E-state index in [1.165, 1.54) is 7.11 Å². The molecule has 0 saturated carbocycles. The second-order valence-corrected chi connectivity index (χ2v) is 8.28. The largest absolute Gasteiger partial charge is 0.484 e. The van der Waals surface area contributed by atoms with Gasteiger partial charge in [-0.2, -0.15) is 0 Å². The molecule has 0 atom stereocenters. The van der Waals surface area contributed by atoms with Gasteiger partial charge >= 0.3 is 5.97 Å². The molecule has 1 N–H and O–H groups in total. The van der Waals surface area contributed by atoms with Crippen molar-refractivity contribution in [2.24, 2.45) is 0 Å². The zero-order valence-corrected chi connectivity index (χ0v) is 20.0. The molecule has 1 aliphatic rings. The fraction of sp³-hybridized carbons (Fsp3) is 0.296. The summed E-state index contributed by atoms with van der Waals surface area (Å²) in [5, 5.41) is 2.76. The van der Waals surface area contributed by atoms with Crippen molar-refractivity contribution >= 4 is 23.9 Å². The van der Waals surface area contributed by atoms with Gasteiger partial charge in [0.25, 0.3) is 11.8 Å². The van der Waals surface area contributed by atoms with Crippen LogP contribution in [0.25, 0.3) is 6.08 Å². The molecular weight excluding hydrogens is 432 g/mol. The normalized spacial score (nSPS) is 14.7. The molecule has 0 bridgehead atoms. The van der Waals surface area contributed by atoms with Gasteiger partial charge in [-0.05, 0) is 56.5 Å². The van der Waals surface area contributed by atoms with E-state index in [-0.39, 0.29) is 30.0 Å². The van der Waals surface area contributed by atoms with Crippen LogP contribution in [0, 0.1) is 0 Å². The number of benzene rings is 2. The Bertz CT molecular complexity index is 1100. The molecule has 0 aromatic heterocycles. The van der Waals surface area contributed by atoms with E-state index in [2.05, 4.69) is 5.32 Å². The fourth-order valence-electron chi connectivity index (χ4n) is 3.72. The molecule has 34 heavy (non-hydrogen) atoms. The van der Waals surface area contributed by atoms with Crippen LogP contribution in [0.15, 0.2) is 71.4 Å². The third-order valence-corrected chi connectivity index (χ3v) is 5.38. The highest BCUT2D eigenvalue weighted by atomic mass is 16.5. The Morgan fingerprint density at radius 2 is 1.74 bits per heavy atom. The van der Waals surface area contributed by atoms with Crippen LogP contribution in [0.2, 0.25) is 0 Å². The van der Waals surface area contributed by atoms with Crippen molar-refractivity contribution in [2.75, 3.05) is 20.3 Å². The SMILES string of the molecule is COC(=O)C1=C(C)N(CCc2ccccc2)C(=O)/C1=C\c1ccc(OCC(=O)NC(C)C)cc1. The fourth-order valence-corrected chi connectivity index (χ4v) is 3.72. The van der Waals surface area contributed by atoms with Gasteiger partial charge in [0.15, 0.2) is 6.61 Å². The molecule has 7 heteroatoms. The number of nitrogens with one attached hydrogen (secondary N) is 1. The molecule has 0 aliphatic carbocycles. The van der Waals surface area contributed by atoms with Gasteiger partial charge in [-0.3, -0.25) is 9.59 Å². The minimum atomic E-state index is -0.546. The summed E-state index contributed by atoms with van der Waals surface area (Å²) < 4.78 is 10.5. The van der Waals surface area contributed by atoms with E-state index in [1.54, 1.807) is 42.2 Å². The second kappa shape index (κ2) is 11.3. The van der Waals surface area contributed by atoms with Crippen LogP contribution in [0.5, 0.6) is 5.75 Å². The molecular formula is C27H30N2O5. The summed E-state index contributed by atoms with van der Waals surface area (Å²) in [6.45, 7) is 5.90. The maximum absolute atomic E-state index is 13.2. The molecule has 1 heterocycles. The van der Waals surface area contributed by atoms with E-state index in [1.807, 2.05) is 44.2 Å². The Morgan fingerprint density at radius 1 is 1.06 bits per heavy atom. The molecule has 0 radical (unpaired) electrons. The summed E-state index contributed by atoms with van der Waals surface area (Å²) in [4.78, 5) is 39.1. The summed E-state index contributed by atoms with van der Waals surface area (Å²) in [5.41, 5.74) is 2.98. The number of allylic oxidation sites excluding steroid dienone is 1. The molecule has 0 fully saturated rings. The smallest absolute Gasteiger partial charge is 0.340 e. The number of nitrogens with zero attached hydrogens (tertiary/aromatic N) is 1. The van der Waals surface area contributed by atoms with Crippen molar-refractivity contribution in [1.29, 1.82) is 0 Å². The number of methoxy groups -OCH3 is 1. The molecule has 1 aliphatic heterocycles. The highest BCUT2D eigenvalue weighted by molar-refractivity contribution is 6.16. The third-order valence-electron chi connectivity index (χ3n) is 5.38. The van der Waals surface area contributed by atoms with E-state index in [4.69, 9.17) is 9.47 Å². The Labute approximate surface area is 200 Å². The lowest BCUT2D eigenvalue weighted by Gasteiger charge is -2.17. The van der Waals surface area contributed by atoms with Crippen LogP contribution in [-0.2, 0) is 25.5 Å². The third kappa shape index (κ3) is 6.13. The first-order chi connectivity index (χ1) is 16.3. The molecule has 7 nitrogen and oxygen atoms in total. The van der Waals surface area contributed by atoms with E-state index in [9.17, 15) is 14.4 Å². The number of carbonyl (C=O) groups is 3. The van der Waals surface area contributed by atoms with Crippen molar-refractivity contribution in [3.63, 3.8) is 0 Å². The Morgan fingerprint density at radius 3 is 2.35 bits per heavy atom. The second-order valence-electron chi connectivity index (χ2n) is 8.28. The van der Waals surface area contributed by atoms with Gasteiger partial charge in [0.2, 0.25) is 0 Å².